The number of rotatable bonds is 6. The standard InChI is InChI=1S/C13H22N4O2.ClH/c1-3-17-11(4-7-15-17)16-12(18)13(6-9-19-2)5-8-14-10-13;/h4,7,14H,3,5-6,8-10H2,1-2H3,(H,16,18);1H. The lowest BCUT2D eigenvalue weighted by atomic mass is 9.83. The number of nitrogens with one attached hydrogen (secondary N) is 2. The Bertz CT molecular complexity index is 430. The second-order valence-electron chi connectivity index (χ2n) is 4.94. The molecular weight excluding hydrogens is 280 g/mol. The van der Waals surface area contributed by atoms with Crippen molar-refractivity contribution in [2.75, 3.05) is 32.1 Å². The molecule has 0 spiro atoms. The number of aryl methyl sites for hydroxylation is 1. The van der Waals surface area contributed by atoms with Crippen LogP contribution in [0.2, 0.25) is 0 Å². The summed E-state index contributed by atoms with van der Waals surface area (Å²) in [6.07, 6.45) is 3.29. The van der Waals surface area contributed by atoms with Crippen molar-refractivity contribution in [3.05, 3.63) is 12.3 Å². The highest BCUT2D eigenvalue weighted by atomic mass is 35.5. The van der Waals surface area contributed by atoms with Crippen molar-refractivity contribution < 1.29 is 9.53 Å². The normalized spacial score (nSPS) is 21.5. The van der Waals surface area contributed by atoms with Crippen molar-refractivity contribution in [1.82, 2.24) is 15.1 Å². The van der Waals surface area contributed by atoms with Gasteiger partial charge >= 0.3 is 0 Å². The van der Waals surface area contributed by atoms with Crippen molar-refractivity contribution in [1.29, 1.82) is 0 Å². The average molecular weight is 303 g/mol. The van der Waals surface area contributed by atoms with Crippen LogP contribution in [0.25, 0.3) is 0 Å². The molecule has 1 atom stereocenters. The van der Waals surface area contributed by atoms with Crippen molar-refractivity contribution in [3.63, 3.8) is 0 Å². The monoisotopic (exact) mass is 302 g/mol. The van der Waals surface area contributed by atoms with Crippen LogP contribution in [-0.2, 0) is 16.1 Å². The minimum absolute atomic E-state index is 0. The van der Waals surface area contributed by atoms with Crippen LogP contribution < -0.4 is 10.6 Å². The molecule has 0 saturated carbocycles. The number of hydrogen-bond donors (Lipinski definition) is 2. The van der Waals surface area contributed by atoms with E-state index in [4.69, 9.17) is 4.74 Å². The van der Waals surface area contributed by atoms with Crippen molar-refractivity contribution in [2.24, 2.45) is 5.41 Å². The molecule has 20 heavy (non-hydrogen) atoms. The van der Waals surface area contributed by atoms with Crippen molar-refractivity contribution in [3.8, 4) is 0 Å². The van der Waals surface area contributed by atoms with Gasteiger partial charge in [0.2, 0.25) is 5.91 Å². The Hall–Kier alpha value is -1.11. The molecule has 6 nitrogen and oxygen atoms in total. The molecule has 2 rings (SSSR count). The van der Waals surface area contributed by atoms with Crippen LogP contribution in [0.5, 0.6) is 0 Å². The largest absolute Gasteiger partial charge is 0.385 e. The molecule has 0 aromatic carbocycles. The van der Waals surface area contributed by atoms with E-state index in [-0.39, 0.29) is 23.7 Å². The molecule has 2 N–H and O–H groups in total. The second-order valence-corrected chi connectivity index (χ2v) is 4.94. The maximum absolute atomic E-state index is 12.6. The van der Waals surface area contributed by atoms with E-state index >= 15 is 0 Å². The van der Waals surface area contributed by atoms with Crippen molar-refractivity contribution in [2.45, 2.75) is 26.3 Å². The van der Waals surface area contributed by atoms with Gasteiger partial charge in [-0.2, -0.15) is 5.10 Å². The highest BCUT2D eigenvalue weighted by Gasteiger charge is 2.41. The molecule has 0 bridgehead atoms. The Labute approximate surface area is 125 Å². The summed E-state index contributed by atoms with van der Waals surface area (Å²) in [6, 6.07) is 1.83. The molecule has 1 aromatic heterocycles. The Morgan fingerprint density at radius 3 is 3.05 bits per heavy atom. The summed E-state index contributed by atoms with van der Waals surface area (Å²) >= 11 is 0. The van der Waals surface area contributed by atoms with Gasteiger partial charge in [0, 0.05) is 32.9 Å². The summed E-state index contributed by atoms with van der Waals surface area (Å²) in [4.78, 5) is 12.6. The molecule has 0 radical (unpaired) electrons. The Morgan fingerprint density at radius 1 is 1.65 bits per heavy atom. The van der Waals surface area contributed by atoms with Gasteiger partial charge < -0.3 is 15.4 Å². The van der Waals surface area contributed by atoms with E-state index < -0.39 is 0 Å². The number of methoxy groups -OCH3 is 1. The predicted octanol–water partition coefficient (Wildman–Crippen LogP) is 1.28. The summed E-state index contributed by atoms with van der Waals surface area (Å²) in [6.45, 7) is 4.93. The molecular formula is C13H23ClN4O2. The van der Waals surface area contributed by atoms with Gasteiger partial charge in [-0.15, -0.1) is 12.4 Å². The lowest BCUT2D eigenvalue weighted by Crippen LogP contribution is -2.39. The summed E-state index contributed by atoms with van der Waals surface area (Å²) in [5.74, 6) is 0.820. The van der Waals surface area contributed by atoms with Gasteiger partial charge in [-0.05, 0) is 26.3 Å². The van der Waals surface area contributed by atoms with Crippen molar-refractivity contribution >= 4 is 24.1 Å². The zero-order valence-electron chi connectivity index (χ0n) is 12.0. The number of ether oxygens (including phenoxy) is 1. The third-order valence-electron chi connectivity index (χ3n) is 3.77. The third-order valence-corrected chi connectivity index (χ3v) is 3.77. The zero-order chi connectivity index (χ0) is 13.7. The highest BCUT2D eigenvalue weighted by molar-refractivity contribution is 5.95. The highest BCUT2D eigenvalue weighted by Crippen LogP contribution is 2.31. The Balaban J connectivity index is 0.00000200. The fraction of sp³-hybridized carbons (Fsp3) is 0.692. The topological polar surface area (TPSA) is 68.2 Å². The maximum atomic E-state index is 12.6. The van der Waals surface area contributed by atoms with E-state index in [1.165, 1.54) is 0 Å². The average Bonchev–Trinajstić information content (AvgIpc) is 3.05. The predicted molar refractivity (Wildman–Crippen MR) is 80.2 cm³/mol. The lowest BCUT2D eigenvalue weighted by molar-refractivity contribution is -0.125. The molecule has 2 heterocycles. The number of carbonyl (C=O) groups excluding carboxylic acids is 1. The third kappa shape index (κ3) is 3.50. The summed E-state index contributed by atoms with van der Waals surface area (Å²) < 4.78 is 6.92. The van der Waals surface area contributed by atoms with Crippen LogP contribution in [0.3, 0.4) is 0 Å². The molecule has 1 unspecified atom stereocenters. The van der Waals surface area contributed by atoms with Gasteiger partial charge in [0.1, 0.15) is 5.82 Å². The number of hydrogen-bond acceptors (Lipinski definition) is 4. The van der Waals surface area contributed by atoms with Gasteiger partial charge in [0.15, 0.2) is 0 Å². The van der Waals surface area contributed by atoms with Crippen LogP contribution in [0.15, 0.2) is 12.3 Å². The van der Waals surface area contributed by atoms with Gasteiger partial charge in [-0.25, -0.2) is 4.68 Å². The van der Waals surface area contributed by atoms with Crippen LogP contribution in [0.4, 0.5) is 5.82 Å². The number of carbonyl (C=O) groups is 1. The number of nitrogens with zero attached hydrogens (tertiary/aromatic N) is 2. The summed E-state index contributed by atoms with van der Waals surface area (Å²) in [5.41, 5.74) is -0.362. The van der Waals surface area contributed by atoms with Crippen LogP contribution >= 0.6 is 12.4 Å². The lowest BCUT2D eigenvalue weighted by Gasteiger charge is -2.26. The summed E-state index contributed by atoms with van der Waals surface area (Å²) in [7, 11) is 1.67. The Kier molecular flexibility index (Phi) is 6.45. The number of halogens is 1. The van der Waals surface area contributed by atoms with E-state index in [1.807, 2.05) is 13.0 Å². The Morgan fingerprint density at radius 2 is 2.45 bits per heavy atom. The molecule has 1 fully saturated rings. The first kappa shape index (κ1) is 16.9. The van der Waals surface area contributed by atoms with E-state index in [2.05, 4.69) is 15.7 Å². The van der Waals surface area contributed by atoms with Crippen LogP contribution in [0, 0.1) is 5.41 Å². The van der Waals surface area contributed by atoms with E-state index in [1.54, 1.807) is 18.0 Å². The van der Waals surface area contributed by atoms with E-state index in [9.17, 15) is 4.79 Å². The molecule has 1 aliphatic rings. The summed E-state index contributed by atoms with van der Waals surface area (Å²) in [5, 5.41) is 10.4. The van der Waals surface area contributed by atoms with Crippen LogP contribution in [0.1, 0.15) is 19.8 Å². The smallest absolute Gasteiger partial charge is 0.233 e. The van der Waals surface area contributed by atoms with Gasteiger partial charge in [-0.3, -0.25) is 4.79 Å². The zero-order valence-corrected chi connectivity index (χ0v) is 12.8. The minimum atomic E-state index is -0.362. The molecule has 1 amide bonds. The number of anilines is 1. The second kappa shape index (κ2) is 7.61. The molecule has 1 aromatic rings. The number of aromatic nitrogens is 2. The first-order valence-electron chi connectivity index (χ1n) is 6.75. The molecule has 1 saturated heterocycles. The van der Waals surface area contributed by atoms with E-state index in [0.717, 1.165) is 31.7 Å². The van der Waals surface area contributed by atoms with E-state index in [0.29, 0.717) is 13.2 Å². The fourth-order valence-corrected chi connectivity index (χ4v) is 2.50. The SMILES string of the molecule is CCn1nccc1NC(=O)C1(CCOC)CCNC1.Cl. The fourth-order valence-electron chi connectivity index (χ4n) is 2.50. The first-order valence-corrected chi connectivity index (χ1v) is 6.75. The van der Waals surface area contributed by atoms with Gasteiger partial charge in [0.05, 0.1) is 11.6 Å². The minimum Gasteiger partial charge on any atom is -0.385 e. The molecule has 0 aliphatic carbocycles. The molecule has 114 valence electrons. The molecule has 1 aliphatic heterocycles. The quantitative estimate of drug-likeness (QED) is 0.830. The number of amides is 1. The van der Waals surface area contributed by atoms with Crippen LogP contribution in [-0.4, -0.2) is 42.5 Å². The maximum Gasteiger partial charge on any atom is 0.233 e. The first-order chi connectivity index (χ1) is 9.22. The van der Waals surface area contributed by atoms with Gasteiger partial charge in [-0.1, -0.05) is 0 Å². The molecule has 7 heteroatoms. The van der Waals surface area contributed by atoms with Gasteiger partial charge in [0.25, 0.3) is 0 Å².